The minimum absolute atomic E-state index is 0.0553. The Morgan fingerprint density at radius 2 is 2.04 bits per heavy atom. The molecule has 0 atom stereocenters. The second-order valence-electron chi connectivity index (χ2n) is 5.23. The zero-order valence-electron chi connectivity index (χ0n) is 12.9. The van der Waals surface area contributed by atoms with Crippen molar-refractivity contribution >= 4 is 23.2 Å². The van der Waals surface area contributed by atoms with Gasteiger partial charge in [-0.15, -0.1) is 0 Å². The summed E-state index contributed by atoms with van der Waals surface area (Å²) in [5.41, 5.74) is 1.85. The van der Waals surface area contributed by atoms with Crippen LogP contribution in [0.4, 0.5) is 10.1 Å². The minimum atomic E-state index is -0.455. The summed E-state index contributed by atoms with van der Waals surface area (Å²) in [6, 6.07) is 8.29. The van der Waals surface area contributed by atoms with Crippen LogP contribution < -0.4 is 5.32 Å². The van der Waals surface area contributed by atoms with Crippen LogP contribution in [0.25, 0.3) is 0 Å². The average molecular weight is 336 g/mol. The number of aromatic nitrogens is 1. The lowest BCUT2D eigenvalue weighted by Crippen LogP contribution is -2.30. The Kier molecular flexibility index (Phi) is 6.35. The molecule has 1 aromatic carbocycles. The molecule has 0 radical (unpaired) electrons. The number of nitrogens with one attached hydrogen (secondary N) is 1. The van der Waals surface area contributed by atoms with Gasteiger partial charge in [0, 0.05) is 44.6 Å². The van der Waals surface area contributed by atoms with E-state index in [2.05, 4.69) is 10.3 Å². The number of rotatable bonds is 7. The van der Waals surface area contributed by atoms with Crippen molar-refractivity contribution in [2.45, 2.75) is 12.8 Å². The number of hydrogen-bond acceptors (Lipinski definition) is 3. The first-order valence-electron chi connectivity index (χ1n) is 7.38. The molecule has 0 saturated carbocycles. The molecule has 23 heavy (non-hydrogen) atoms. The molecule has 2 rings (SSSR count). The van der Waals surface area contributed by atoms with Crippen LogP contribution in [0, 0.1) is 5.82 Å². The average Bonchev–Trinajstić information content (AvgIpc) is 2.56. The van der Waals surface area contributed by atoms with Gasteiger partial charge in [-0.25, -0.2) is 4.39 Å². The van der Waals surface area contributed by atoms with E-state index in [9.17, 15) is 9.18 Å². The van der Waals surface area contributed by atoms with Gasteiger partial charge < -0.3 is 10.2 Å². The first kappa shape index (κ1) is 17.2. The van der Waals surface area contributed by atoms with E-state index in [1.165, 1.54) is 12.1 Å². The Hall–Kier alpha value is -2.14. The van der Waals surface area contributed by atoms with Crippen molar-refractivity contribution in [1.82, 2.24) is 9.88 Å². The third kappa shape index (κ3) is 5.53. The standard InChI is InChI=1S/C17H19ClFN3O/c1-22(11-7-13-4-8-20-9-5-13)17(23)6-10-21-14-2-3-16(19)15(18)12-14/h2-5,8-9,12,21H,6-7,10-11H2,1H3. The summed E-state index contributed by atoms with van der Waals surface area (Å²) in [7, 11) is 1.79. The fourth-order valence-corrected chi connectivity index (χ4v) is 2.26. The van der Waals surface area contributed by atoms with Gasteiger partial charge in [0.25, 0.3) is 0 Å². The number of benzene rings is 1. The fourth-order valence-electron chi connectivity index (χ4n) is 2.08. The summed E-state index contributed by atoms with van der Waals surface area (Å²) < 4.78 is 13.1. The monoisotopic (exact) mass is 335 g/mol. The van der Waals surface area contributed by atoms with Gasteiger partial charge in [0.1, 0.15) is 5.82 Å². The summed E-state index contributed by atoms with van der Waals surface area (Å²) >= 11 is 5.71. The summed E-state index contributed by atoms with van der Waals surface area (Å²) in [6.45, 7) is 1.13. The van der Waals surface area contributed by atoms with Crippen LogP contribution in [0.2, 0.25) is 5.02 Å². The third-order valence-electron chi connectivity index (χ3n) is 3.50. The quantitative estimate of drug-likeness (QED) is 0.843. The van der Waals surface area contributed by atoms with Crippen LogP contribution in [-0.4, -0.2) is 35.9 Å². The SMILES string of the molecule is CN(CCc1ccncc1)C(=O)CCNc1ccc(F)c(Cl)c1. The Bertz CT molecular complexity index is 652. The van der Waals surface area contributed by atoms with E-state index in [4.69, 9.17) is 11.6 Å². The lowest BCUT2D eigenvalue weighted by Gasteiger charge is -2.17. The van der Waals surface area contributed by atoms with Crippen LogP contribution in [0.1, 0.15) is 12.0 Å². The molecule has 122 valence electrons. The number of carbonyl (C=O) groups is 1. The predicted octanol–water partition coefficient (Wildman–Crippen LogP) is 3.38. The van der Waals surface area contributed by atoms with Crippen molar-refractivity contribution in [3.8, 4) is 0 Å². The second-order valence-corrected chi connectivity index (χ2v) is 5.63. The maximum atomic E-state index is 13.1. The van der Waals surface area contributed by atoms with E-state index in [0.29, 0.717) is 25.2 Å². The lowest BCUT2D eigenvalue weighted by atomic mass is 10.2. The molecule has 0 saturated heterocycles. The summed E-state index contributed by atoms with van der Waals surface area (Å²) in [6.07, 6.45) is 4.65. The number of pyridine rings is 1. The molecule has 0 bridgehead atoms. The molecule has 0 aliphatic carbocycles. The van der Waals surface area contributed by atoms with E-state index < -0.39 is 5.82 Å². The number of halogens is 2. The van der Waals surface area contributed by atoms with Crippen molar-refractivity contribution in [1.29, 1.82) is 0 Å². The van der Waals surface area contributed by atoms with Crippen molar-refractivity contribution in [3.05, 3.63) is 59.1 Å². The van der Waals surface area contributed by atoms with Crippen molar-refractivity contribution in [2.75, 3.05) is 25.5 Å². The number of likely N-dealkylation sites (N-methyl/N-ethyl adjacent to an activating group) is 1. The van der Waals surface area contributed by atoms with Gasteiger partial charge in [-0.1, -0.05) is 11.6 Å². The highest BCUT2D eigenvalue weighted by atomic mass is 35.5. The fraction of sp³-hybridized carbons (Fsp3) is 0.294. The molecule has 0 aliphatic heterocycles. The molecule has 0 spiro atoms. The van der Waals surface area contributed by atoms with Crippen LogP contribution in [-0.2, 0) is 11.2 Å². The molecule has 0 aliphatic rings. The van der Waals surface area contributed by atoms with Gasteiger partial charge >= 0.3 is 0 Å². The Morgan fingerprint density at radius 3 is 2.74 bits per heavy atom. The van der Waals surface area contributed by atoms with Crippen molar-refractivity contribution in [2.24, 2.45) is 0 Å². The van der Waals surface area contributed by atoms with Crippen LogP contribution in [0.15, 0.2) is 42.7 Å². The molecule has 1 N–H and O–H groups in total. The first-order valence-corrected chi connectivity index (χ1v) is 7.76. The highest BCUT2D eigenvalue weighted by Crippen LogP contribution is 2.19. The third-order valence-corrected chi connectivity index (χ3v) is 3.79. The smallest absolute Gasteiger partial charge is 0.224 e. The topological polar surface area (TPSA) is 45.2 Å². The number of anilines is 1. The second kappa shape index (κ2) is 8.48. The molecule has 4 nitrogen and oxygen atoms in total. The van der Waals surface area contributed by atoms with E-state index in [-0.39, 0.29) is 10.9 Å². The highest BCUT2D eigenvalue weighted by Gasteiger charge is 2.08. The minimum Gasteiger partial charge on any atom is -0.384 e. The van der Waals surface area contributed by atoms with Crippen molar-refractivity contribution < 1.29 is 9.18 Å². The van der Waals surface area contributed by atoms with Gasteiger partial charge in [0.15, 0.2) is 0 Å². The molecule has 0 fully saturated rings. The summed E-state index contributed by atoms with van der Waals surface area (Å²) in [5, 5.41) is 3.13. The van der Waals surface area contributed by atoms with Crippen LogP contribution in [0.5, 0.6) is 0 Å². The van der Waals surface area contributed by atoms with Crippen LogP contribution in [0.3, 0.4) is 0 Å². The summed E-state index contributed by atoms with van der Waals surface area (Å²) in [5.74, 6) is -0.399. The maximum Gasteiger partial charge on any atom is 0.224 e. The maximum absolute atomic E-state index is 13.1. The predicted molar refractivity (Wildman–Crippen MR) is 90.1 cm³/mol. The normalized spacial score (nSPS) is 10.4. The van der Waals surface area contributed by atoms with Gasteiger partial charge in [0.2, 0.25) is 5.91 Å². The van der Waals surface area contributed by atoms with E-state index in [1.807, 2.05) is 12.1 Å². The summed E-state index contributed by atoms with van der Waals surface area (Å²) in [4.78, 5) is 17.7. The molecular formula is C17H19ClFN3O. The molecule has 1 heterocycles. The number of nitrogens with zero attached hydrogens (tertiary/aromatic N) is 2. The largest absolute Gasteiger partial charge is 0.384 e. The molecule has 1 amide bonds. The zero-order valence-corrected chi connectivity index (χ0v) is 13.7. The van der Waals surface area contributed by atoms with E-state index >= 15 is 0 Å². The van der Waals surface area contributed by atoms with Crippen molar-refractivity contribution in [3.63, 3.8) is 0 Å². The molecule has 2 aromatic rings. The van der Waals surface area contributed by atoms with E-state index in [0.717, 1.165) is 12.0 Å². The van der Waals surface area contributed by atoms with Gasteiger partial charge in [-0.3, -0.25) is 9.78 Å². The van der Waals surface area contributed by atoms with Gasteiger partial charge in [0.05, 0.1) is 5.02 Å². The Morgan fingerprint density at radius 1 is 1.30 bits per heavy atom. The molecular weight excluding hydrogens is 317 g/mol. The lowest BCUT2D eigenvalue weighted by molar-refractivity contribution is -0.129. The number of hydrogen-bond donors (Lipinski definition) is 1. The highest BCUT2D eigenvalue weighted by molar-refractivity contribution is 6.31. The molecule has 0 unspecified atom stereocenters. The molecule has 1 aromatic heterocycles. The number of carbonyl (C=O) groups excluding carboxylic acids is 1. The zero-order chi connectivity index (χ0) is 16.7. The van der Waals surface area contributed by atoms with E-state index in [1.54, 1.807) is 30.4 Å². The van der Waals surface area contributed by atoms with Gasteiger partial charge in [-0.05, 0) is 42.3 Å². The Balaban J connectivity index is 1.72. The Labute approximate surface area is 140 Å². The first-order chi connectivity index (χ1) is 11.1. The van der Waals surface area contributed by atoms with Crippen LogP contribution >= 0.6 is 11.6 Å². The molecule has 6 heteroatoms. The number of amides is 1. The van der Waals surface area contributed by atoms with Gasteiger partial charge in [-0.2, -0.15) is 0 Å².